The van der Waals surface area contributed by atoms with Crippen molar-refractivity contribution < 1.29 is 17.9 Å². The second-order valence-electron chi connectivity index (χ2n) is 9.16. The van der Waals surface area contributed by atoms with Crippen molar-refractivity contribution >= 4 is 21.6 Å². The van der Waals surface area contributed by atoms with Gasteiger partial charge in [-0.3, -0.25) is 9.10 Å². The van der Waals surface area contributed by atoms with Gasteiger partial charge in [-0.05, 0) is 62.9 Å². The molecule has 8 heteroatoms. The van der Waals surface area contributed by atoms with E-state index in [1.54, 1.807) is 18.2 Å². The number of nitrogens with one attached hydrogen (secondary N) is 1. The van der Waals surface area contributed by atoms with Gasteiger partial charge in [-0.25, -0.2) is 8.42 Å². The van der Waals surface area contributed by atoms with E-state index in [-0.39, 0.29) is 18.6 Å². The van der Waals surface area contributed by atoms with Crippen LogP contribution in [0.25, 0.3) is 0 Å². The van der Waals surface area contributed by atoms with Crippen molar-refractivity contribution in [3.63, 3.8) is 0 Å². The van der Waals surface area contributed by atoms with E-state index < -0.39 is 15.6 Å². The standard InChI is InChI=1S/C25H37N3O4S/c1-6-12-28(33(5,30)31)23-14-21(13-22(15-23)24(29)27-19(2)3)17-32-18-25(4,26)16-20-10-8-7-9-11-20/h7-11,13-15,19H,6,12,16-18,26H2,1-5H3,(H,27,29). The number of amides is 1. The average molecular weight is 476 g/mol. The maximum absolute atomic E-state index is 12.7. The molecule has 0 fully saturated rings. The van der Waals surface area contributed by atoms with Crippen LogP contribution in [0.3, 0.4) is 0 Å². The Hall–Kier alpha value is -2.42. The maximum Gasteiger partial charge on any atom is 0.251 e. The number of rotatable bonds is 12. The first-order chi connectivity index (χ1) is 15.4. The SMILES string of the molecule is CCCN(c1cc(COCC(C)(N)Cc2ccccc2)cc(C(=O)NC(C)C)c1)S(C)(=O)=O. The third-order valence-electron chi connectivity index (χ3n) is 4.93. The molecular formula is C25H37N3O4S. The van der Waals surface area contributed by atoms with Crippen molar-refractivity contribution in [1.29, 1.82) is 0 Å². The van der Waals surface area contributed by atoms with E-state index in [2.05, 4.69) is 5.32 Å². The van der Waals surface area contributed by atoms with Crippen molar-refractivity contribution in [2.24, 2.45) is 5.73 Å². The Labute approximate surface area is 198 Å². The van der Waals surface area contributed by atoms with Crippen LogP contribution < -0.4 is 15.4 Å². The largest absolute Gasteiger partial charge is 0.375 e. The van der Waals surface area contributed by atoms with Gasteiger partial charge in [0.1, 0.15) is 0 Å². The molecule has 0 radical (unpaired) electrons. The molecule has 3 N–H and O–H groups in total. The number of carbonyl (C=O) groups is 1. The molecule has 0 spiro atoms. The molecule has 0 bridgehead atoms. The first kappa shape index (κ1) is 26.8. The number of benzene rings is 2. The quantitative estimate of drug-likeness (QED) is 0.489. The van der Waals surface area contributed by atoms with Crippen LogP contribution in [-0.2, 0) is 27.8 Å². The lowest BCUT2D eigenvalue weighted by molar-refractivity contribution is 0.0790. The van der Waals surface area contributed by atoms with E-state index >= 15 is 0 Å². The monoisotopic (exact) mass is 475 g/mol. The number of anilines is 1. The summed E-state index contributed by atoms with van der Waals surface area (Å²) in [6.45, 7) is 8.44. The lowest BCUT2D eigenvalue weighted by Gasteiger charge is -2.25. The number of ether oxygens (including phenoxy) is 1. The van der Waals surface area contributed by atoms with Crippen LogP contribution in [0, 0.1) is 0 Å². The minimum atomic E-state index is -3.50. The summed E-state index contributed by atoms with van der Waals surface area (Å²) in [5, 5.41) is 2.86. The van der Waals surface area contributed by atoms with Crippen LogP contribution in [0.1, 0.15) is 55.6 Å². The smallest absolute Gasteiger partial charge is 0.251 e. The van der Waals surface area contributed by atoms with Gasteiger partial charge < -0.3 is 15.8 Å². The van der Waals surface area contributed by atoms with Crippen LogP contribution in [-0.4, -0.2) is 45.3 Å². The fourth-order valence-electron chi connectivity index (χ4n) is 3.58. The first-order valence-corrected chi connectivity index (χ1v) is 13.1. The summed E-state index contributed by atoms with van der Waals surface area (Å²) < 4.78 is 32.0. The van der Waals surface area contributed by atoms with Gasteiger partial charge in [-0.15, -0.1) is 0 Å². The van der Waals surface area contributed by atoms with Crippen molar-refractivity contribution in [3.8, 4) is 0 Å². The Balaban J connectivity index is 2.24. The first-order valence-electron chi connectivity index (χ1n) is 11.2. The number of hydrogen-bond acceptors (Lipinski definition) is 5. The average Bonchev–Trinajstić information content (AvgIpc) is 2.70. The Bertz CT molecular complexity index is 1020. The van der Waals surface area contributed by atoms with Crippen molar-refractivity contribution in [1.82, 2.24) is 5.32 Å². The second-order valence-corrected chi connectivity index (χ2v) is 11.1. The molecular weight excluding hydrogens is 438 g/mol. The zero-order chi connectivity index (χ0) is 24.6. The molecule has 1 amide bonds. The molecule has 0 saturated carbocycles. The molecule has 7 nitrogen and oxygen atoms in total. The highest BCUT2D eigenvalue weighted by Crippen LogP contribution is 2.23. The minimum absolute atomic E-state index is 0.0431. The Morgan fingerprint density at radius 3 is 2.39 bits per heavy atom. The van der Waals surface area contributed by atoms with E-state index in [1.807, 2.05) is 58.0 Å². The summed E-state index contributed by atoms with van der Waals surface area (Å²) in [6.07, 6.45) is 2.48. The molecule has 33 heavy (non-hydrogen) atoms. The molecule has 2 aromatic rings. The number of sulfonamides is 1. The minimum Gasteiger partial charge on any atom is -0.375 e. The maximum atomic E-state index is 12.7. The predicted octanol–water partition coefficient (Wildman–Crippen LogP) is 3.48. The van der Waals surface area contributed by atoms with Crippen LogP contribution in [0.2, 0.25) is 0 Å². The van der Waals surface area contributed by atoms with E-state index in [9.17, 15) is 13.2 Å². The molecule has 0 aliphatic carbocycles. The van der Waals surface area contributed by atoms with E-state index in [0.717, 1.165) is 5.56 Å². The number of carbonyl (C=O) groups excluding carboxylic acids is 1. The van der Waals surface area contributed by atoms with E-state index in [0.29, 0.717) is 42.8 Å². The van der Waals surface area contributed by atoms with Crippen LogP contribution in [0.15, 0.2) is 48.5 Å². The van der Waals surface area contributed by atoms with Crippen LogP contribution in [0.5, 0.6) is 0 Å². The van der Waals surface area contributed by atoms with Gasteiger partial charge in [0.25, 0.3) is 5.91 Å². The normalized spacial score (nSPS) is 13.5. The number of nitrogens with zero attached hydrogens (tertiary/aromatic N) is 1. The Morgan fingerprint density at radius 1 is 1.15 bits per heavy atom. The Morgan fingerprint density at radius 2 is 1.82 bits per heavy atom. The van der Waals surface area contributed by atoms with E-state index in [1.165, 1.54) is 10.6 Å². The number of hydrogen-bond donors (Lipinski definition) is 2. The molecule has 2 aromatic carbocycles. The fraction of sp³-hybridized carbons (Fsp3) is 0.480. The van der Waals surface area contributed by atoms with Gasteiger partial charge in [0.05, 0.1) is 25.2 Å². The third-order valence-corrected chi connectivity index (χ3v) is 6.12. The van der Waals surface area contributed by atoms with Gasteiger partial charge in [0.15, 0.2) is 0 Å². The highest BCUT2D eigenvalue weighted by atomic mass is 32.2. The predicted molar refractivity (Wildman–Crippen MR) is 134 cm³/mol. The summed E-state index contributed by atoms with van der Waals surface area (Å²) in [6, 6.07) is 15.0. The van der Waals surface area contributed by atoms with Crippen molar-refractivity contribution in [3.05, 3.63) is 65.2 Å². The molecule has 0 aromatic heterocycles. The van der Waals surface area contributed by atoms with Gasteiger partial charge in [0, 0.05) is 23.7 Å². The Kier molecular flexibility index (Phi) is 9.46. The lowest BCUT2D eigenvalue weighted by atomic mass is 9.95. The van der Waals surface area contributed by atoms with Gasteiger partial charge in [-0.1, -0.05) is 37.3 Å². The third kappa shape index (κ3) is 8.79. The summed E-state index contributed by atoms with van der Waals surface area (Å²) >= 11 is 0. The zero-order valence-corrected chi connectivity index (χ0v) is 21.1. The van der Waals surface area contributed by atoms with Crippen LogP contribution in [0.4, 0.5) is 5.69 Å². The van der Waals surface area contributed by atoms with Crippen LogP contribution >= 0.6 is 0 Å². The zero-order valence-electron chi connectivity index (χ0n) is 20.3. The highest BCUT2D eigenvalue weighted by molar-refractivity contribution is 7.92. The summed E-state index contributed by atoms with van der Waals surface area (Å²) in [5.74, 6) is -0.259. The molecule has 182 valence electrons. The molecule has 0 saturated heterocycles. The van der Waals surface area contributed by atoms with Crippen molar-refractivity contribution in [2.75, 3.05) is 23.7 Å². The second kappa shape index (κ2) is 11.6. The summed E-state index contributed by atoms with van der Waals surface area (Å²) in [4.78, 5) is 12.7. The topological polar surface area (TPSA) is 102 Å². The molecule has 0 heterocycles. The molecule has 1 unspecified atom stereocenters. The molecule has 0 aliphatic heterocycles. The van der Waals surface area contributed by atoms with Gasteiger partial charge in [-0.2, -0.15) is 0 Å². The van der Waals surface area contributed by atoms with Gasteiger partial charge >= 0.3 is 0 Å². The lowest BCUT2D eigenvalue weighted by Crippen LogP contribution is -2.43. The summed E-state index contributed by atoms with van der Waals surface area (Å²) in [7, 11) is -3.50. The van der Waals surface area contributed by atoms with Gasteiger partial charge in [0.2, 0.25) is 10.0 Å². The molecule has 0 aliphatic rings. The molecule has 1 atom stereocenters. The molecule has 2 rings (SSSR count). The highest BCUT2D eigenvalue weighted by Gasteiger charge is 2.22. The number of nitrogens with two attached hydrogens (primary N) is 1. The van der Waals surface area contributed by atoms with E-state index in [4.69, 9.17) is 10.5 Å². The van der Waals surface area contributed by atoms with Crippen molar-refractivity contribution in [2.45, 2.75) is 58.7 Å². The fourth-order valence-corrected chi connectivity index (χ4v) is 4.59. The summed E-state index contributed by atoms with van der Waals surface area (Å²) in [5.41, 5.74) is 8.56.